The number of nitrogens with zero attached hydrogens (tertiary/aromatic N) is 2. The van der Waals surface area contributed by atoms with Gasteiger partial charge in [-0.2, -0.15) is 0 Å². The minimum Gasteiger partial charge on any atom is -0.292 e. The van der Waals surface area contributed by atoms with Gasteiger partial charge in [-0.1, -0.05) is 30.3 Å². The molecule has 0 aliphatic heterocycles. The highest BCUT2D eigenvalue weighted by molar-refractivity contribution is 7.73. The molecule has 0 amide bonds. The van der Waals surface area contributed by atoms with Gasteiger partial charge >= 0.3 is 0 Å². The van der Waals surface area contributed by atoms with Crippen LogP contribution in [-0.4, -0.2) is 9.60 Å². The van der Waals surface area contributed by atoms with E-state index in [2.05, 4.69) is 5.43 Å². The van der Waals surface area contributed by atoms with Gasteiger partial charge in [-0.3, -0.25) is 15.5 Å². The molecule has 0 aliphatic carbocycles. The number of para-hydroxylation sites is 1. The number of hydrogen-bond acceptors (Lipinski definition) is 5. The Balaban J connectivity index is 2.04. The molecule has 0 bridgehead atoms. The third-order valence-corrected chi connectivity index (χ3v) is 4.26. The SMILES string of the molecule is O=[N+]([O-])c1cccc(-c2csc(=S)n2Nc2ccccc2)c1. The summed E-state index contributed by atoms with van der Waals surface area (Å²) in [5.74, 6) is 0. The lowest BCUT2D eigenvalue weighted by atomic mass is 10.1. The minimum atomic E-state index is -0.403. The number of thiazole rings is 1. The Morgan fingerprint density at radius 1 is 1.14 bits per heavy atom. The summed E-state index contributed by atoms with van der Waals surface area (Å²) in [6.45, 7) is 0. The van der Waals surface area contributed by atoms with Gasteiger partial charge < -0.3 is 0 Å². The first-order valence-corrected chi connectivity index (χ1v) is 7.71. The van der Waals surface area contributed by atoms with E-state index in [1.807, 2.05) is 41.8 Å². The monoisotopic (exact) mass is 329 g/mol. The topological polar surface area (TPSA) is 60.1 Å². The Morgan fingerprint density at radius 2 is 1.91 bits per heavy atom. The Labute approximate surface area is 135 Å². The molecular weight excluding hydrogens is 318 g/mol. The third-order valence-electron chi connectivity index (χ3n) is 3.06. The van der Waals surface area contributed by atoms with Gasteiger partial charge in [0.05, 0.1) is 16.3 Å². The van der Waals surface area contributed by atoms with Crippen LogP contribution >= 0.6 is 23.6 Å². The van der Waals surface area contributed by atoms with E-state index in [1.165, 1.54) is 17.4 Å². The summed E-state index contributed by atoms with van der Waals surface area (Å²) >= 11 is 6.75. The molecule has 0 saturated carbocycles. The molecule has 0 unspecified atom stereocenters. The fraction of sp³-hybridized carbons (Fsp3) is 0. The normalized spacial score (nSPS) is 10.4. The van der Waals surface area contributed by atoms with E-state index in [0.717, 1.165) is 16.9 Å². The van der Waals surface area contributed by atoms with Crippen LogP contribution in [0.4, 0.5) is 11.4 Å². The van der Waals surface area contributed by atoms with Crippen LogP contribution in [0.5, 0.6) is 0 Å². The van der Waals surface area contributed by atoms with Crippen molar-refractivity contribution in [1.29, 1.82) is 0 Å². The zero-order chi connectivity index (χ0) is 15.5. The quantitative estimate of drug-likeness (QED) is 0.427. The molecule has 0 spiro atoms. The maximum absolute atomic E-state index is 10.9. The first-order valence-electron chi connectivity index (χ1n) is 6.42. The molecule has 110 valence electrons. The zero-order valence-electron chi connectivity index (χ0n) is 11.3. The summed E-state index contributed by atoms with van der Waals surface area (Å²) in [6.07, 6.45) is 0. The van der Waals surface area contributed by atoms with E-state index in [-0.39, 0.29) is 5.69 Å². The van der Waals surface area contributed by atoms with Crippen molar-refractivity contribution in [2.75, 3.05) is 5.43 Å². The molecule has 22 heavy (non-hydrogen) atoms. The van der Waals surface area contributed by atoms with Gasteiger partial charge in [-0.15, -0.1) is 11.3 Å². The Kier molecular flexibility index (Phi) is 3.99. The molecule has 0 fully saturated rings. The largest absolute Gasteiger partial charge is 0.292 e. The van der Waals surface area contributed by atoms with Gasteiger partial charge in [-0.05, 0) is 24.4 Å². The Morgan fingerprint density at radius 3 is 2.64 bits per heavy atom. The van der Waals surface area contributed by atoms with Crippen LogP contribution in [-0.2, 0) is 0 Å². The molecule has 7 heteroatoms. The predicted octanol–water partition coefficient (Wildman–Crippen LogP) is 4.73. The smallest absolute Gasteiger partial charge is 0.270 e. The standard InChI is InChI=1S/C15H11N3O2S2/c19-18(20)13-8-4-5-11(9-13)14-10-22-15(21)17(14)16-12-6-2-1-3-7-12/h1-10,16H. The second-order valence-electron chi connectivity index (χ2n) is 4.51. The van der Waals surface area contributed by atoms with Crippen LogP contribution in [0.1, 0.15) is 0 Å². The van der Waals surface area contributed by atoms with Gasteiger partial charge in [0.15, 0.2) is 3.95 Å². The van der Waals surface area contributed by atoms with Crippen LogP contribution in [0.3, 0.4) is 0 Å². The van der Waals surface area contributed by atoms with E-state index >= 15 is 0 Å². The Hall–Kier alpha value is -2.51. The molecule has 3 aromatic rings. The lowest BCUT2D eigenvalue weighted by Crippen LogP contribution is -2.10. The molecule has 0 aliphatic rings. The second-order valence-corrected chi connectivity index (χ2v) is 6.01. The molecule has 1 aromatic heterocycles. The van der Waals surface area contributed by atoms with Crippen LogP contribution in [0, 0.1) is 14.1 Å². The number of nitro benzene ring substituents is 1. The molecule has 0 saturated heterocycles. The van der Waals surface area contributed by atoms with E-state index in [9.17, 15) is 10.1 Å². The van der Waals surface area contributed by atoms with Gasteiger partial charge in [0.25, 0.3) is 5.69 Å². The van der Waals surface area contributed by atoms with E-state index in [4.69, 9.17) is 12.2 Å². The summed E-state index contributed by atoms with van der Waals surface area (Å²) in [5.41, 5.74) is 5.70. The maximum atomic E-state index is 10.9. The molecule has 3 rings (SSSR count). The average Bonchev–Trinajstić information content (AvgIpc) is 2.89. The molecule has 1 N–H and O–H groups in total. The van der Waals surface area contributed by atoms with Gasteiger partial charge in [0.2, 0.25) is 0 Å². The molecule has 1 heterocycles. The lowest BCUT2D eigenvalue weighted by Gasteiger charge is -2.11. The Bertz CT molecular complexity index is 872. The fourth-order valence-corrected chi connectivity index (χ4v) is 3.03. The van der Waals surface area contributed by atoms with Gasteiger partial charge in [0, 0.05) is 23.1 Å². The van der Waals surface area contributed by atoms with Crippen LogP contribution in [0.2, 0.25) is 0 Å². The second kappa shape index (κ2) is 6.08. The predicted molar refractivity (Wildman–Crippen MR) is 90.7 cm³/mol. The van der Waals surface area contributed by atoms with Crippen molar-refractivity contribution in [3.63, 3.8) is 0 Å². The summed E-state index contributed by atoms with van der Waals surface area (Å²) in [7, 11) is 0. The summed E-state index contributed by atoms with van der Waals surface area (Å²) in [5, 5.41) is 12.8. The van der Waals surface area contributed by atoms with Crippen LogP contribution < -0.4 is 5.43 Å². The number of anilines is 1. The number of aromatic nitrogens is 1. The lowest BCUT2D eigenvalue weighted by molar-refractivity contribution is -0.384. The van der Waals surface area contributed by atoms with Crippen molar-refractivity contribution in [2.45, 2.75) is 0 Å². The van der Waals surface area contributed by atoms with Crippen molar-refractivity contribution in [2.24, 2.45) is 0 Å². The first kappa shape index (κ1) is 14.4. The number of nitro groups is 1. The highest BCUT2D eigenvalue weighted by Crippen LogP contribution is 2.27. The van der Waals surface area contributed by atoms with Crippen molar-refractivity contribution >= 4 is 34.9 Å². The van der Waals surface area contributed by atoms with Gasteiger partial charge in [-0.25, -0.2) is 4.68 Å². The third kappa shape index (κ3) is 2.90. The van der Waals surface area contributed by atoms with Crippen molar-refractivity contribution in [3.05, 3.63) is 74.0 Å². The van der Waals surface area contributed by atoms with E-state index < -0.39 is 4.92 Å². The zero-order valence-corrected chi connectivity index (χ0v) is 12.9. The summed E-state index contributed by atoms with van der Waals surface area (Å²) in [4.78, 5) is 10.5. The summed E-state index contributed by atoms with van der Waals surface area (Å²) in [6, 6.07) is 16.1. The summed E-state index contributed by atoms with van der Waals surface area (Å²) < 4.78 is 2.40. The number of nitrogens with one attached hydrogen (secondary N) is 1. The minimum absolute atomic E-state index is 0.0564. The highest BCUT2D eigenvalue weighted by Gasteiger charge is 2.11. The first-order chi connectivity index (χ1) is 10.6. The van der Waals surface area contributed by atoms with Crippen molar-refractivity contribution in [1.82, 2.24) is 4.68 Å². The van der Waals surface area contributed by atoms with Crippen molar-refractivity contribution in [3.8, 4) is 11.3 Å². The average molecular weight is 329 g/mol. The van der Waals surface area contributed by atoms with E-state index in [0.29, 0.717) is 3.95 Å². The molecule has 0 radical (unpaired) electrons. The fourth-order valence-electron chi connectivity index (χ4n) is 2.03. The number of non-ortho nitro benzene ring substituents is 1. The highest BCUT2D eigenvalue weighted by atomic mass is 32.1. The van der Waals surface area contributed by atoms with Gasteiger partial charge in [0.1, 0.15) is 0 Å². The van der Waals surface area contributed by atoms with Crippen LogP contribution in [0.15, 0.2) is 60.0 Å². The molecule has 0 atom stereocenters. The number of rotatable bonds is 4. The molecule has 5 nitrogen and oxygen atoms in total. The number of benzene rings is 2. The maximum Gasteiger partial charge on any atom is 0.270 e. The van der Waals surface area contributed by atoms with E-state index in [1.54, 1.807) is 16.8 Å². The molecule has 2 aromatic carbocycles. The van der Waals surface area contributed by atoms with Crippen molar-refractivity contribution < 1.29 is 4.92 Å². The number of hydrogen-bond donors (Lipinski definition) is 1. The van der Waals surface area contributed by atoms with Crippen LogP contribution in [0.25, 0.3) is 11.3 Å². The molecular formula is C15H11N3O2S2.